The van der Waals surface area contributed by atoms with Gasteiger partial charge in [0.15, 0.2) is 0 Å². The summed E-state index contributed by atoms with van der Waals surface area (Å²) in [6, 6.07) is 0. The number of carbonyl (C=O) groups is 5. The smallest absolute Gasteiger partial charge is 0.407 e. The van der Waals surface area contributed by atoms with Crippen molar-refractivity contribution in [2.24, 2.45) is 0 Å². The van der Waals surface area contributed by atoms with Crippen LogP contribution in [0.3, 0.4) is 0 Å². The topological polar surface area (TPSA) is 207 Å². The first-order valence-electron chi connectivity index (χ1n) is 20.0. The van der Waals surface area contributed by atoms with Crippen LogP contribution in [-0.4, -0.2) is 131 Å². The highest BCUT2D eigenvalue weighted by molar-refractivity contribution is 5.78. The van der Waals surface area contributed by atoms with Crippen molar-refractivity contribution in [1.29, 1.82) is 0 Å². The molecule has 0 unspecified atom stereocenters. The minimum atomic E-state index is -0.769. The summed E-state index contributed by atoms with van der Waals surface area (Å²) in [7, 11) is 0. The van der Waals surface area contributed by atoms with Crippen LogP contribution < -0.4 is 21.3 Å². The van der Waals surface area contributed by atoms with Crippen LogP contribution in [0.25, 0.3) is 0 Å². The summed E-state index contributed by atoms with van der Waals surface area (Å²) in [5, 5.41) is 11.5. The largest absolute Gasteiger partial charge is 0.460 e. The lowest BCUT2D eigenvalue weighted by molar-refractivity contribution is -0.156. The van der Waals surface area contributed by atoms with E-state index in [0.29, 0.717) is 84.6 Å². The van der Waals surface area contributed by atoms with E-state index in [2.05, 4.69) is 21.3 Å². The van der Waals surface area contributed by atoms with Crippen LogP contribution in [0.1, 0.15) is 128 Å². The van der Waals surface area contributed by atoms with Crippen LogP contribution in [0.15, 0.2) is 0 Å². The molecule has 0 aromatic carbocycles. The molecular formula is C40H76N4O13. The van der Waals surface area contributed by atoms with Gasteiger partial charge in [0, 0.05) is 25.2 Å². The molecule has 0 saturated carbocycles. The average Bonchev–Trinajstić information content (AvgIpc) is 3.02. The molecule has 0 aliphatic heterocycles. The zero-order valence-corrected chi connectivity index (χ0v) is 37.0. The molecule has 0 aliphatic rings. The molecule has 0 rings (SSSR count). The summed E-state index contributed by atoms with van der Waals surface area (Å²) in [5.74, 6) is -0.653. The first-order valence-corrected chi connectivity index (χ1v) is 20.0. The maximum absolute atomic E-state index is 13.3. The molecule has 334 valence electrons. The normalized spacial score (nSPS) is 12.4. The van der Waals surface area contributed by atoms with Crippen molar-refractivity contribution in [3.8, 4) is 0 Å². The van der Waals surface area contributed by atoms with Crippen molar-refractivity contribution in [3.05, 3.63) is 0 Å². The van der Waals surface area contributed by atoms with Gasteiger partial charge in [-0.15, -0.1) is 0 Å². The van der Waals surface area contributed by atoms with Gasteiger partial charge < -0.3 is 59.2 Å². The van der Waals surface area contributed by atoms with Crippen LogP contribution in [0.5, 0.6) is 0 Å². The van der Waals surface area contributed by atoms with Crippen molar-refractivity contribution in [2.75, 3.05) is 72.5 Å². The first kappa shape index (κ1) is 53.6. The summed E-state index contributed by atoms with van der Waals surface area (Å²) < 4.78 is 43.4. The van der Waals surface area contributed by atoms with E-state index < -0.39 is 46.2 Å². The van der Waals surface area contributed by atoms with Gasteiger partial charge in [0.1, 0.15) is 29.0 Å². The first-order chi connectivity index (χ1) is 26.3. The van der Waals surface area contributed by atoms with Gasteiger partial charge in [0.2, 0.25) is 5.91 Å². The van der Waals surface area contributed by atoms with Gasteiger partial charge in [0.05, 0.1) is 52.7 Å². The van der Waals surface area contributed by atoms with Crippen molar-refractivity contribution in [1.82, 2.24) is 21.3 Å². The highest BCUT2D eigenvalue weighted by Gasteiger charge is 2.31. The van der Waals surface area contributed by atoms with Gasteiger partial charge in [-0.2, -0.15) is 0 Å². The molecule has 0 radical (unpaired) electrons. The lowest BCUT2D eigenvalue weighted by atomic mass is 9.83. The molecule has 0 aromatic rings. The third-order valence-electron chi connectivity index (χ3n) is 7.13. The van der Waals surface area contributed by atoms with Gasteiger partial charge in [-0.25, -0.2) is 14.4 Å². The Labute approximate surface area is 341 Å². The number of nitrogens with one attached hydrogen (secondary N) is 4. The van der Waals surface area contributed by atoms with Gasteiger partial charge in [-0.1, -0.05) is 0 Å². The maximum atomic E-state index is 13.3. The Bertz CT molecular complexity index is 1080. The number of hydrogen-bond donors (Lipinski definition) is 4. The number of rotatable bonds is 27. The summed E-state index contributed by atoms with van der Waals surface area (Å²) in [4.78, 5) is 61.9. The van der Waals surface area contributed by atoms with Gasteiger partial charge >= 0.3 is 24.2 Å². The second kappa shape index (κ2) is 27.3. The average molecular weight is 821 g/mol. The van der Waals surface area contributed by atoms with Crippen LogP contribution in [0, 0.1) is 0 Å². The molecule has 0 aromatic heterocycles. The molecule has 4 amide bonds. The summed E-state index contributed by atoms with van der Waals surface area (Å²) in [6.07, 6.45) is 1.51. The molecule has 4 N–H and O–H groups in total. The predicted octanol–water partition coefficient (Wildman–Crippen LogP) is 5.55. The van der Waals surface area contributed by atoms with E-state index in [1.54, 1.807) is 62.3 Å². The Kier molecular flexibility index (Phi) is 25.7. The zero-order valence-electron chi connectivity index (χ0n) is 37.0. The number of amides is 4. The standard InChI is InChI=1S/C40H76N4O13/c1-36(2,3)54-32(46)16-23-50-24-25-51-26-27-52-28-29-53-30-31(45)44-40(17-13-20-41-33(47)55-37(4,5)6,18-14-21-42-34(48)56-38(7,8)9)19-15-22-43-35(49)57-39(10,11)12/h13-30H2,1-12H3,(H,41,47)(H,42,48)(H,43,49)(H,44,45). The maximum Gasteiger partial charge on any atom is 0.407 e. The van der Waals surface area contributed by atoms with Crippen LogP contribution in [-0.2, 0) is 47.5 Å². The lowest BCUT2D eigenvalue weighted by Crippen LogP contribution is -2.51. The van der Waals surface area contributed by atoms with Crippen molar-refractivity contribution < 1.29 is 61.9 Å². The molecule has 0 bridgehead atoms. The number of hydrogen-bond acceptors (Lipinski definition) is 13. The minimum Gasteiger partial charge on any atom is -0.460 e. The highest BCUT2D eigenvalue weighted by atomic mass is 16.6. The molecule has 0 aliphatic carbocycles. The molecule has 0 saturated heterocycles. The van der Waals surface area contributed by atoms with Gasteiger partial charge in [-0.05, 0) is 122 Å². The molecule has 0 fully saturated rings. The van der Waals surface area contributed by atoms with Gasteiger partial charge in [-0.3, -0.25) is 9.59 Å². The van der Waals surface area contributed by atoms with Crippen LogP contribution >= 0.6 is 0 Å². The quantitative estimate of drug-likeness (QED) is 0.0456. The highest BCUT2D eigenvalue weighted by Crippen LogP contribution is 2.26. The Morgan fingerprint density at radius 3 is 1.07 bits per heavy atom. The zero-order chi connectivity index (χ0) is 43.6. The van der Waals surface area contributed by atoms with E-state index in [1.165, 1.54) is 0 Å². The second-order valence-corrected chi connectivity index (χ2v) is 17.7. The Morgan fingerprint density at radius 1 is 0.421 bits per heavy atom. The van der Waals surface area contributed by atoms with Crippen molar-refractivity contribution >= 4 is 30.2 Å². The molecule has 0 spiro atoms. The monoisotopic (exact) mass is 821 g/mol. The van der Waals surface area contributed by atoms with Crippen molar-refractivity contribution in [3.63, 3.8) is 0 Å². The fourth-order valence-electron chi connectivity index (χ4n) is 5.06. The second-order valence-electron chi connectivity index (χ2n) is 17.7. The Hall–Kier alpha value is -3.41. The van der Waals surface area contributed by atoms with Crippen molar-refractivity contribution in [2.45, 2.75) is 156 Å². The summed E-state index contributed by atoms with van der Waals surface area (Å²) in [6.45, 7) is 24.2. The minimum absolute atomic E-state index is 0.174. The number of alkyl carbamates (subject to hydrolysis) is 3. The Morgan fingerprint density at radius 2 is 0.737 bits per heavy atom. The summed E-state index contributed by atoms with van der Waals surface area (Å²) >= 11 is 0. The number of ether oxygens (including phenoxy) is 8. The molecular weight excluding hydrogens is 744 g/mol. The third-order valence-corrected chi connectivity index (χ3v) is 7.13. The number of esters is 1. The fraction of sp³-hybridized carbons (Fsp3) is 0.875. The molecule has 0 heterocycles. The number of carbonyl (C=O) groups excluding carboxylic acids is 5. The van der Waals surface area contributed by atoms with Gasteiger partial charge in [0.25, 0.3) is 0 Å². The van der Waals surface area contributed by atoms with E-state index in [1.807, 2.05) is 20.8 Å². The van der Waals surface area contributed by atoms with E-state index in [-0.39, 0.29) is 44.7 Å². The van der Waals surface area contributed by atoms with E-state index in [0.717, 1.165) is 0 Å². The molecule has 17 nitrogen and oxygen atoms in total. The van der Waals surface area contributed by atoms with E-state index in [9.17, 15) is 24.0 Å². The third kappa shape index (κ3) is 35.5. The van der Waals surface area contributed by atoms with E-state index >= 15 is 0 Å². The molecule has 57 heavy (non-hydrogen) atoms. The fourth-order valence-corrected chi connectivity index (χ4v) is 5.06. The van der Waals surface area contributed by atoms with E-state index in [4.69, 9.17) is 37.9 Å². The predicted molar refractivity (Wildman–Crippen MR) is 215 cm³/mol. The van der Waals surface area contributed by atoms with Crippen LogP contribution in [0.2, 0.25) is 0 Å². The molecule has 17 heteroatoms. The molecule has 0 atom stereocenters. The Balaban J connectivity index is 5.17. The van der Waals surface area contributed by atoms with Crippen LogP contribution in [0.4, 0.5) is 14.4 Å². The SMILES string of the molecule is CC(C)(C)OC(=O)CCOCCOCCOCCOCC(=O)NC(CCCNC(=O)OC(C)(C)C)(CCCNC(=O)OC(C)(C)C)CCCNC(=O)OC(C)(C)C. The lowest BCUT2D eigenvalue weighted by Gasteiger charge is -2.36. The summed E-state index contributed by atoms with van der Waals surface area (Å²) in [5.41, 5.74) is -3.24.